The molecular formula is C22H19Cl2NO2S. The SMILES string of the molecule is COc1ccccc1CNC(=S)c1ccc(OCc2ccccc2Cl)c(Cl)c1. The first-order valence-electron chi connectivity index (χ1n) is 8.64. The Morgan fingerprint density at radius 2 is 1.61 bits per heavy atom. The summed E-state index contributed by atoms with van der Waals surface area (Å²) in [4.78, 5) is 0.602. The standard InChI is InChI=1S/C22H19Cl2NO2S/c1-26-20-9-5-3-6-16(20)13-25-22(28)15-10-11-21(19(24)12-15)27-14-17-7-2-4-8-18(17)23/h2-12H,13-14H2,1H3,(H,25,28). The second-order valence-corrected chi connectivity index (χ2v) is 7.24. The van der Waals surface area contributed by atoms with Crippen molar-refractivity contribution in [3.05, 3.63) is 93.5 Å². The molecule has 0 fully saturated rings. The fourth-order valence-electron chi connectivity index (χ4n) is 2.66. The lowest BCUT2D eigenvalue weighted by atomic mass is 10.1. The van der Waals surface area contributed by atoms with E-state index in [1.54, 1.807) is 13.2 Å². The van der Waals surface area contributed by atoms with Crippen molar-refractivity contribution >= 4 is 40.4 Å². The highest BCUT2D eigenvalue weighted by molar-refractivity contribution is 7.80. The molecule has 0 aliphatic heterocycles. The molecule has 0 bridgehead atoms. The van der Waals surface area contributed by atoms with E-state index in [4.69, 9.17) is 44.9 Å². The van der Waals surface area contributed by atoms with Gasteiger partial charge in [0.05, 0.1) is 12.1 Å². The van der Waals surface area contributed by atoms with Gasteiger partial charge in [0.1, 0.15) is 23.1 Å². The van der Waals surface area contributed by atoms with Crippen LogP contribution in [-0.2, 0) is 13.2 Å². The summed E-state index contributed by atoms with van der Waals surface area (Å²) in [7, 11) is 1.65. The fourth-order valence-corrected chi connectivity index (χ4v) is 3.28. The van der Waals surface area contributed by atoms with Crippen LogP contribution in [-0.4, -0.2) is 12.1 Å². The van der Waals surface area contributed by atoms with Crippen LogP contribution in [0.1, 0.15) is 16.7 Å². The highest BCUT2D eigenvalue weighted by Gasteiger charge is 2.09. The molecule has 0 saturated heterocycles. The second-order valence-electron chi connectivity index (χ2n) is 6.02. The Kier molecular flexibility index (Phi) is 7.15. The number of thiocarbonyl (C=S) groups is 1. The lowest BCUT2D eigenvalue weighted by Gasteiger charge is -2.13. The molecule has 0 aromatic heterocycles. The van der Waals surface area contributed by atoms with Gasteiger partial charge < -0.3 is 14.8 Å². The van der Waals surface area contributed by atoms with Crippen molar-refractivity contribution in [2.45, 2.75) is 13.2 Å². The Bertz CT molecular complexity index is 978. The Morgan fingerprint density at radius 1 is 0.893 bits per heavy atom. The Labute approximate surface area is 180 Å². The average Bonchev–Trinajstić information content (AvgIpc) is 2.72. The van der Waals surface area contributed by atoms with Gasteiger partial charge in [0.2, 0.25) is 0 Å². The minimum atomic E-state index is 0.342. The van der Waals surface area contributed by atoms with Gasteiger partial charge in [-0.25, -0.2) is 0 Å². The molecule has 3 aromatic rings. The molecule has 1 N–H and O–H groups in total. The fraction of sp³-hybridized carbons (Fsp3) is 0.136. The predicted molar refractivity (Wildman–Crippen MR) is 119 cm³/mol. The molecule has 0 radical (unpaired) electrons. The van der Waals surface area contributed by atoms with Crippen molar-refractivity contribution in [2.24, 2.45) is 0 Å². The van der Waals surface area contributed by atoms with E-state index in [9.17, 15) is 0 Å². The van der Waals surface area contributed by atoms with E-state index in [0.29, 0.717) is 33.9 Å². The minimum absolute atomic E-state index is 0.342. The zero-order chi connectivity index (χ0) is 19.9. The maximum Gasteiger partial charge on any atom is 0.138 e. The number of benzene rings is 3. The number of para-hydroxylation sites is 1. The third kappa shape index (κ3) is 5.16. The number of nitrogens with one attached hydrogen (secondary N) is 1. The van der Waals surface area contributed by atoms with Crippen molar-refractivity contribution in [2.75, 3.05) is 7.11 Å². The minimum Gasteiger partial charge on any atom is -0.496 e. The van der Waals surface area contributed by atoms with Crippen molar-refractivity contribution in [1.29, 1.82) is 0 Å². The number of hydrogen-bond acceptors (Lipinski definition) is 3. The van der Waals surface area contributed by atoms with Crippen LogP contribution in [0.5, 0.6) is 11.5 Å². The summed E-state index contributed by atoms with van der Waals surface area (Å²) in [6, 6.07) is 20.8. The molecule has 144 valence electrons. The van der Waals surface area contributed by atoms with Crippen molar-refractivity contribution in [1.82, 2.24) is 5.32 Å². The summed E-state index contributed by atoms with van der Waals surface area (Å²) in [6.07, 6.45) is 0. The van der Waals surface area contributed by atoms with Gasteiger partial charge in [0, 0.05) is 28.3 Å². The summed E-state index contributed by atoms with van der Waals surface area (Å²) in [5.41, 5.74) is 2.75. The topological polar surface area (TPSA) is 30.5 Å². The van der Waals surface area contributed by atoms with E-state index in [0.717, 1.165) is 22.4 Å². The van der Waals surface area contributed by atoms with Gasteiger partial charge in [-0.2, -0.15) is 0 Å². The molecule has 0 amide bonds. The Balaban J connectivity index is 1.63. The molecule has 0 aliphatic rings. The summed E-state index contributed by atoms with van der Waals surface area (Å²) in [6.45, 7) is 0.903. The second kappa shape index (κ2) is 9.78. The molecule has 0 aliphatic carbocycles. The van der Waals surface area contributed by atoms with Gasteiger partial charge in [-0.3, -0.25) is 0 Å². The van der Waals surface area contributed by atoms with E-state index in [1.165, 1.54) is 0 Å². The number of halogens is 2. The van der Waals surface area contributed by atoms with E-state index >= 15 is 0 Å². The Hall–Kier alpha value is -2.27. The molecule has 0 spiro atoms. The van der Waals surface area contributed by atoms with Gasteiger partial charge in [-0.05, 0) is 30.3 Å². The van der Waals surface area contributed by atoms with Crippen LogP contribution < -0.4 is 14.8 Å². The van der Waals surface area contributed by atoms with E-state index in [1.807, 2.05) is 60.7 Å². The van der Waals surface area contributed by atoms with Crippen molar-refractivity contribution in [3.63, 3.8) is 0 Å². The molecule has 0 saturated carbocycles. The monoisotopic (exact) mass is 431 g/mol. The molecule has 0 heterocycles. The predicted octanol–water partition coefficient (Wildman–Crippen LogP) is 6.05. The van der Waals surface area contributed by atoms with Crippen LogP contribution in [0, 0.1) is 0 Å². The molecule has 28 heavy (non-hydrogen) atoms. The molecule has 0 unspecified atom stereocenters. The van der Waals surface area contributed by atoms with E-state index in [2.05, 4.69) is 5.32 Å². The summed E-state index contributed by atoms with van der Waals surface area (Å²) < 4.78 is 11.2. The van der Waals surface area contributed by atoms with Crippen LogP contribution in [0.4, 0.5) is 0 Å². The summed E-state index contributed by atoms with van der Waals surface area (Å²) in [5, 5.41) is 4.39. The molecule has 3 rings (SSSR count). The first-order valence-corrected chi connectivity index (χ1v) is 9.80. The molecule has 3 aromatic carbocycles. The maximum absolute atomic E-state index is 6.38. The van der Waals surface area contributed by atoms with Crippen LogP contribution in [0.25, 0.3) is 0 Å². The van der Waals surface area contributed by atoms with Gasteiger partial charge in [0.15, 0.2) is 0 Å². The number of rotatable bonds is 7. The highest BCUT2D eigenvalue weighted by Crippen LogP contribution is 2.27. The van der Waals surface area contributed by atoms with Crippen LogP contribution in [0.15, 0.2) is 66.7 Å². The highest BCUT2D eigenvalue weighted by atomic mass is 35.5. The van der Waals surface area contributed by atoms with Crippen molar-refractivity contribution in [3.8, 4) is 11.5 Å². The largest absolute Gasteiger partial charge is 0.496 e. The van der Waals surface area contributed by atoms with E-state index in [-0.39, 0.29) is 0 Å². The molecular weight excluding hydrogens is 413 g/mol. The zero-order valence-electron chi connectivity index (χ0n) is 15.2. The van der Waals surface area contributed by atoms with Gasteiger partial charge in [0.25, 0.3) is 0 Å². The van der Waals surface area contributed by atoms with Crippen molar-refractivity contribution < 1.29 is 9.47 Å². The summed E-state index contributed by atoms with van der Waals surface area (Å²) >= 11 is 18.0. The normalized spacial score (nSPS) is 10.4. The first-order chi connectivity index (χ1) is 13.6. The smallest absolute Gasteiger partial charge is 0.138 e. The van der Waals surface area contributed by atoms with Gasteiger partial charge >= 0.3 is 0 Å². The lowest BCUT2D eigenvalue weighted by Crippen LogP contribution is -2.22. The van der Waals surface area contributed by atoms with Crippen LogP contribution in [0.2, 0.25) is 10.0 Å². The zero-order valence-corrected chi connectivity index (χ0v) is 17.6. The average molecular weight is 432 g/mol. The quantitative estimate of drug-likeness (QED) is 0.461. The molecule has 3 nitrogen and oxygen atoms in total. The third-order valence-corrected chi connectivity index (χ3v) is 5.21. The molecule has 0 atom stereocenters. The van der Waals surface area contributed by atoms with E-state index < -0.39 is 0 Å². The number of methoxy groups -OCH3 is 1. The van der Waals surface area contributed by atoms with Gasteiger partial charge in [-0.1, -0.05) is 71.8 Å². The van der Waals surface area contributed by atoms with Crippen LogP contribution in [0.3, 0.4) is 0 Å². The third-order valence-electron chi connectivity index (χ3n) is 4.17. The first kappa shape index (κ1) is 20.5. The number of hydrogen-bond donors (Lipinski definition) is 1. The lowest BCUT2D eigenvalue weighted by molar-refractivity contribution is 0.306. The maximum atomic E-state index is 6.38. The van der Waals surface area contributed by atoms with Gasteiger partial charge in [-0.15, -0.1) is 0 Å². The molecule has 6 heteroatoms. The number of ether oxygens (including phenoxy) is 2. The van der Waals surface area contributed by atoms with Crippen LogP contribution >= 0.6 is 35.4 Å². The summed E-state index contributed by atoms with van der Waals surface area (Å²) in [5.74, 6) is 1.40. The Morgan fingerprint density at radius 3 is 2.32 bits per heavy atom.